The molecule has 0 amide bonds. The molecule has 0 fully saturated rings. The van der Waals surface area contributed by atoms with E-state index < -0.39 is 0 Å². The van der Waals surface area contributed by atoms with Gasteiger partial charge in [0.15, 0.2) is 0 Å². The van der Waals surface area contributed by atoms with Crippen LogP contribution in [0.25, 0.3) is 0 Å². The first-order valence-electron chi connectivity index (χ1n) is 2.33. The molecule has 0 spiro atoms. The van der Waals surface area contributed by atoms with Crippen LogP contribution in [0.4, 0.5) is 0 Å². The molecule has 0 aromatic rings. The molecule has 1 unspecified atom stereocenters. The zero-order valence-corrected chi connectivity index (χ0v) is 7.45. The Labute approximate surface area is 81.0 Å². The van der Waals surface area contributed by atoms with E-state index in [1.807, 2.05) is 6.92 Å². The summed E-state index contributed by atoms with van der Waals surface area (Å²) in [5.74, 6) is 0. The van der Waals surface area contributed by atoms with Gasteiger partial charge in [0, 0.05) is 52.4 Å². The summed E-state index contributed by atoms with van der Waals surface area (Å²) in [7, 11) is 3.33. The third-order valence-electron chi connectivity index (χ3n) is 0.804. The van der Waals surface area contributed by atoms with E-state index in [0.717, 1.165) is 0 Å². The van der Waals surface area contributed by atoms with Crippen molar-refractivity contribution >= 4 is 0 Å². The molecular weight excluding hydrogens is 255 g/mol. The predicted molar refractivity (Wildman–Crippen MR) is 28.3 cm³/mol. The molecule has 0 heterocycles. The zero-order valence-electron chi connectivity index (χ0n) is 5.42. The first kappa shape index (κ1) is 11.9. The van der Waals surface area contributed by atoms with E-state index >= 15 is 0 Å². The molecule has 3 heteroatoms. The Bertz CT molecular complexity index is 41.4. The number of methoxy groups -OCH3 is 2. The van der Waals surface area contributed by atoms with Gasteiger partial charge in [0.25, 0.3) is 0 Å². The van der Waals surface area contributed by atoms with Crippen LogP contribution in [0.5, 0.6) is 0 Å². The van der Waals surface area contributed by atoms with Crippen molar-refractivity contribution in [1.82, 2.24) is 0 Å². The van der Waals surface area contributed by atoms with E-state index in [0.29, 0.717) is 6.61 Å². The Morgan fingerprint density at radius 1 is 1.38 bits per heavy atom. The summed E-state index contributed by atoms with van der Waals surface area (Å²) in [5, 5.41) is 0. The Kier molecular flexibility index (Phi) is 12.2. The molecule has 0 aromatic carbocycles. The summed E-state index contributed by atoms with van der Waals surface area (Å²) in [6.45, 7) is 2.64. The molecule has 1 atom stereocenters. The molecule has 0 saturated carbocycles. The van der Waals surface area contributed by atoms with Crippen LogP contribution in [-0.4, -0.2) is 26.9 Å². The summed E-state index contributed by atoms with van der Waals surface area (Å²) < 4.78 is 9.64. The SMILES string of the molecule is COCC(C)OC.[Dy]. The molecule has 0 aliphatic rings. The largest absolute Gasteiger partial charge is 0.382 e. The van der Waals surface area contributed by atoms with Crippen molar-refractivity contribution < 1.29 is 47.6 Å². The van der Waals surface area contributed by atoms with Gasteiger partial charge >= 0.3 is 0 Å². The van der Waals surface area contributed by atoms with Gasteiger partial charge < -0.3 is 9.47 Å². The molecule has 0 rings (SSSR count). The van der Waals surface area contributed by atoms with Crippen LogP contribution in [0.1, 0.15) is 6.92 Å². The molecule has 0 saturated heterocycles. The van der Waals surface area contributed by atoms with Gasteiger partial charge in [0.05, 0.1) is 12.7 Å². The van der Waals surface area contributed by atoms with Gasteiger partial charge in [-0.2, -0.15) is 0 Å². The summed E-state index contributed by atoms with van der Waals surface area (Å²) in [5.41, 5.74) is 0. The second-order valence-corrected chi connectivity index (χ2v) is 1.50. The molecule has 0 aromatic heterocycles. The maximum atomic E-state index is 4.87. The topological polar surface area (TPSA) is 18.5 Å². The van der Waals surface area contributed by atoms with Gasteiger partial charge in [-0.1, -0.05) is 0 Å². The second kappa shape index (κ2) is 8.19. The van der Waals surface area contributed by atoms with Crippen molar-refractivity contribution in [2.45, 2.75) is 13.0 Å². The third kappa shape index (κ3) is 7.19. The molecule has 0 radical (unpaired) electrons. The molecule has 0 N–H and O–H groups in total. The number of ether oxygens (including phenoxy) is 2. The Morgan fingerprint density at radius 2 is 1.88 bits per heavy atom. The quantitative estimate of drug-likeness (QED) is 0.748. The van der Waals surface area contributed by atoms with Crippen molar-refractivity contribution in [2.24, 2.45) is 0 Å². The maximum absolute atomic E-state index is 4.87. The second-order valence-electron chi connectivity index (χ2n) is 1.50. The van der Waals surface area contributed by atoms with Gasteiger partial charge in [-0.25, -0.2) is 0 Å². The number of hydrogen-bond acceptors (Lipinski definition) is 2. The van der Waals surface area contributed by atoms with Crippen LogP contribution in [0.3, 0.4) is 0 Å². The van der Waals surface area contributed by atoms with Gasteiger partial charge in [0.2, 0.25) is 0 Å². The van der Waals surface area contributed by atoms with Crippen LogP contribution < -0.4 is 0 Å². The van der Waals surface area contributed by atoms with Crippen molar-refractivity contribution in [1.29, 1.82) is 0 Å². The van der Waals surface area contributed by atoms with E-state index in [2.05, 4.69) is 0 Å². The molecule has 0 aliphatic heterocycles. The van der Waals surface area contributed by atoms with Crippen LogP contribution in [0.15, 0.2) is 0 Å². The van der Waals surface area contributed by atoms with Crippen LogP contribution in [0.2, 0.25) is 0 Å². The smallest absolute Gasteiger partial charge is 0.0776 e. The van der Waals surface area contributed by atoms with E-state index in [4.69, 9.17) is 9.47 Å². The third-order valence-corrected chi connectivity index (χ3v) is 0.804. The molecule has 0 aliphatic carbocycles. The molecule has 0 bridgehead atoms. The van der Waals surface area contributed by atoms with Crippen LogP contribution >= 0.6 is 0 Å². The van der Waals surface area contributed by atoms with Crippen molar-refractivity contribution in [3.63, 3.8) is 0 Å². The standard InChI is InChI=1S/C5H12O2.Dy/c1-5(7-3)4-6-2;/h5H,4H2,1-3H3;. The average Bonchev–Trinajstić information content (AvgIpc) is 1.68. The van der Waals surface area contributed by atoms with E-state index in [1.165, 1.54) is 0 Å². The fourth-order valence-electron chi connectivity index (χ4n) is 0.303. The average molecular weight is 267 g/mol. The van der Waals surface area contributed by atoms with Crippen molar-refractivity contribution in [3.05, 3.63) is 0 Å². The van der Waals surface area contributed by atoms with Gasteiger partial charge in [-0.3, -0.25) is 0 Å². The van der Waals surface area contributed by atoms with Crippen LogP contribution in [0, 0.1) is 38.2 Å². The summed E-state index contributed by atoms with van der Waals surface area (Å²) in [6.07, 6.45) is 0.227. The van der Waals surface area contributed by atoms with E-state index in [1.54, 1.807) is 14.2 Å². The van der Waals surface area contributed by atoms with Crippen molar-refractivity contribution in [3.8, 4) is 0 Å². The normalized spacial score (nSPS) is 12.4. The molecule has 54 valence electrons. The fourth-order valence-corrected chi connectivity index (χ4v) is 0.303. The van der Waals surface area contributed by atoms with Gasteiger partial charge in [-0.05, 0) is 6.92 Å². The fraction of sp³-hybridized carbons (Fsp3) is 1.00. The molecule has 2 nitrogen and oxygen atoms in total. The minimum absolute atomic E-state index is 0. The predicted octanol–water partition coefficient (Wildman–Crippen LogP) is 0.668. The van der Waals surface area contributed by atoms with E-state index in [9.17, 15) is 0 Å². The Balaban J connectivity index is 0. The maximum Gasteiger partial charge on any atom is 0.0776 e. The summed E-state index contributed by atoms with van der Waals surface area (Å²) >= 11 is 0. The number of hydrogen-bond donors (Lipinski definition) is 0. The van der Waals surface area contributed by atoms with Crippen LogP contribution in [-0.2, 0) is 9.47 Å². The van der Waals surface area contributed by atoms with Crippen molar-refractivity contribution in [2.75, 3.05) is 20.8 Å². The monoisotopic (exact) mass is 268 g/mol. The number of rotatable bonds is 3. The van der Waals surface area contributed by atoms with Gasteiger partial charge in [0.1, 0.15) is 0 Å². The minimum atomic E-state index is 0. The first-order valence-corrected chi connectivity index (χ1v) is 2.33. The van der Waals surface area contributed by atoms with Gasteiger partial charge in [-0.15, -0.1) is 0 Å². The summed E-state index contributed by atoms with van der Waals surface area (Å²) in [4.78, 5) is 0. The minimum Gasteiger partial charge on any atom is -0.382 e. The van der Waals surface area contributed by atoms with E-state index in [-0.39, 0.29) is 44.3 Å². The first-order chi connectivity index (χ1) is 3.31. The molecule has 8 heavy (non-hydrogen) atoms. The Morgan fingerprint density at radius 3 is 2.00 bits per heavy atom. The molecular formula is C5H12DyO2. The Hall–Kier alpha value is 1.19. The summed E-state index contributed by atoms with van der Waals surface area (Å²) in [6, 6.07) is 0. The zero-order chi connectivity index (χ0) is 5.70.